The number of hydrogen-bond donors (Lipinski definition) is 3. The molecule has 0 bridgehead atoms. The van der Waals surface area contributed by atoms with Crippen LogP contribution in [0.5, 0.6) is 5.75 Å². The molecule has 1 unspecified atom stereocenters. The van der Waals surface area contributed by atoms with Gasteiger partial charge in [0, 0.05) is 28.6 Å². The molecule has 0 spiro atoms. The predicted molar refractivity (Wildman–Crippen MR) is 100 cm³/mol. The SMILES string of the molecule is CC1CC(=O)NN=C1c1ccc(NC(=O)Cc2c(O)cccc2Cl)cc1. The van der Waals surface area contributed by atoms with Crippen LogP contribution in [0.25, 0.3) is 0 Å². The second-order valence-corrected chi connectivity index (χ2v) is 6.58. The average molecular weight is 372 g/mol. The van der Waals surface area contributed by atoms with Crippen molar-refractivity contribution in [1.29, 1.82) is 0 Å². The van der Waals surface area contributed by atoms with Crippen molar-refractivity contribution in [1.82, 2.24) is 5.43 Å². The summed E-state index contributed by atoms with van der Waals surface area (Å²) in [4.78, 5) is 23.5. The minimum atomic E-state index is -0.281. The molecule has 2 aromatic rings. The van der Waals surface area contributed by atoms with Gasteiger partial charge in [0.1, 0.15) is 5.75 Å². The number of hydrogen-bond acceptors (Lipinski definition) is 4. The number of amides is 2. The van der Waals surface area contributed by atoms with Gasteiger partial charge in [-0.15, -0.1) is 0 Å². The Morgan fingerprint density at radius 2 is 2.04 bits per heavy atom. The third-order valence-corrected chi connectivity index (χ3v) is 4.51. The number of carbonyl (C=O) groups excluding carboxylic acids is 2. The van der Waals surface area contributed by atoms with Crippen molar-refractivity contribution in [3.05, 3.63) is 58.6 Å². The van der Waals surface area contributed by atoms with Gasteiger partial charge >= 0.3 is 0 Å². The lowest BCUT2D eigenvalue weighted by Crippen LogP contribution is -2.31. The molecule has 2 amide bonds. The van der Waals surface area contributed by atoms with E-state index in [0.29, 0.717) is 22.7 Å². The smallest absolute Gasteiger partial charge is 0.240 e. The molecule has 0 fully saturated rings. The van der Waals surface area contributed by atoms with Gasteiger partial charge in [-0.1, -0.05) is 36.7 Å². The van der Waals surface area contributed by atoms with Crippen molar-refractivity contribution >= 4 is 34.8 Å². The Balaban J connectivity index is 1.68. The molecule has 6 nitrogen and oxygen atoms in total. The van der Waals surface area contributed by atoms with Crippen LogP contribution in [0, 0.1) is 5.92 Å². The monoisotopic (exact) mass is 371 g/mol. The summed E-state index contributed by atoms with van der Waals surface area (Å²) in [5.41, 5.74) is 5.20. The van der Waals surface area contributed by atoms with Crippen molar-refractivity contribution < 1.29 is 14.7 Å². The van der Waals surface area contributed by atoms with Crippen LogP contribution in [0.15, 0.2) is 47.6 Å². The topological polar surface area (TPSA) is 90.8 Å². The van der Waals surface area contributed by atoms with Crippen molar-refractivity contribution in [3.8, 4) is 5.75 Å². The number of halogens is 1. The van der Waals surface area contributed by atoms with Gasteiger partial charge in [-0.3, -0.25) is 9.59 Å². The lowest BCUT2D eigenvalue weighted by atomic mass is 9.94. The highest BCUT2D eigenvalue weighted by atomic mass is 35.5. The summed E-state index contributed by atoms with van der Waals surface area (Å²) in [5.74, 6) is -0.341. The maximum absolute atomic E-state index is 12.2. The third-order valence-electron chi connectivity index (χ3n) is 4.16. The van der Waals surface area contributed by atoms with E-state index in [1.165, 1.54) is 6.07 Å². The molecule has 1 aliphatic heterocycles. The Morgan fingerprint density at radius 1 is 1.31 bits per heavy atom. The highest BCUT2D eigenvalue weighted by molar-refractivity contribution is 6.31. The van der Waals surface area contributed by atoms with Gasteiger partial charge in [0.05, 0.1) is 12.1 Å². The summed E-state index contributed by atoms with van der Waals surface area (Å²) in [6, 6.07) is 12.0. The first kappa shape index (κ1) is 17.9. The van der Waals surface area contributed by atoms with E-state index in [0.717, 1.165) is 11.3 Å². The van der Waals surface area contributed by atoms with E-state index in [9.17, 15) is 14.7 Å². The van der Waals surface area contributed by atoms with Gasteiger partial charge in [-0.05, 0) is 29.8 Å². The van der Waals surface area contributed by atoms with Crippen LogP contribution in [0.2, 0.25) is 5.02 Å². The van der Waals surface area contributed by atoms with Crippen molar-refractivity contribution in [2.24, 2.45) is 11.0 Å². The average Bonchev–Trinajstić information content (AvgIpc) is 2.59. The predicted octanol–water partition coefficient (Wildman–Crippen LogP) is 3.09. The van der Waals surface area contributed by atoms with Crippen molar-refractivity contribution in [2.75, 3.05) is 5.32 Å². The summed E-state index contributed by atoms with van der Waals surface area (Å²) >= 11 is 6.02. The first-order valence-electron chi connectivity index (χ1n) is 8.17. The standard InChI is InChI=1S/C19H18ClN3O3/c1-11-9-18(26)22-23-19(11)12-5-7-13(8-6-12)21-17(25)10-14-15(20)3-2-4-16(14)24/h2-8,11,24H,9-10H2,1H3,(H,21,25)(H,22,26). The van der Waals surface area contributed by atoms with Crippen molar-refractivity contribution in [3.63, 3.8) is 0 Å². The van der Waals surface area contributed by atoms with Crippen LogP contribution in [-0.4, -0.2) is 22.6 Å². The molecule has 2 aromatic carbocycles. The molecule has 1 aliphatic rings. The zero-order valence-corrected chi connectivity index (χ0v) is 14.9. The molecule has 3 N–H and O–H groups in total. The maximum atomic E-state index is 12.2. The molecule has 0 aliphatic carbocycles. The minimum absolute atomic E-state index is 0.00524. The summed E-state index contributed by atoms with van der Waals surface area (Å²) in [5, 5.41) is 17.1. The number of hydrazone groups is 1. The van der Waals surface area contributed by atoms with Crippen LogP contribution in [0.3, 0.4) is 0 Å². The Labute approximate surface area is 155 Å². The quantitative estimate of drug-likeness (QED) is 0.771. The number of rotatable bonds is 4. The largest absolute Gasteiger partial charge is 0.508 e. The van der Waals surface area contributed by atoms with E-state index in [1.54, 1.807) is 24.3 Å². The van der Waals surface area contributed by atoms with E-state index in [4.69, 9.17) is 11.6 Å². The molecule has 3 rings (SSSR count). The molecule has 7 heteroatoms. The van der Waals surface area contributed by atoms with Crippen LogP contribution in [0.1, 0.15) is 24.5 Å². The normalized spacial score (nSPS) is 16.6. The Hall–Kier alpha value is -2.86. The number of aromatic hydroxyl groups is 1. The molecular weight excluding hydrogens is 354 g/mol. The first-order valence-corrected chi connectivity index (χ1v) is 8.55. The van der Waals surface area contributed by atoms with Gasteiger partial charge in [-0.2, -0.15) is 5.10 Å². The van der Waals surface area contributed by atoms with E-state index in [2.05, 4.69) is 15.8 Å². The minimum Gasteiger partial charge on any atom is -0.508 e. The lowest BCUT2D eigenvalue weighted by molar-refractivity contribution is -0.122. The molecule has 0 saturated heterocycles. The van der Waals surface area contributed by atoms with Crippen molar-refractivity contribution in [2.45, 2.75) is 19.8 Å². The molecule has 0 aromatic heterocycles. The summed E-state index contributed by atoms with van der Waals surface area (Å²) in [6.45, 7) is 1.95. The van der Waals surface area contributed by atoms with E-state index >= 15 is 0 Å². The van der Waals surface area contributed by atoms with E-state index in [-0.39, 0.29) is 29.9 Å². The Kier molecular flexibility index (Phi) is 5.23. The number of phenolic OH excluding ortho intramolecular Hbond substituents is 1. The van der Waals surface area contributed by atoms with Gasteiger partial charge < -0.3 is 10.4 Å². The van der Waals surface area contributed by atoms with E-state index in [1.807, 2.05) is 19.1 Å². The maximum Gasteiger partial charge on any atom is 0.240 e. The number of nitrogens with one attached hydrogen (secondary N) is 2. The summed E-state index contributed by atoms with van der Waals surface area (Å²) < 4.78 is 0. The summed E-state index contributed by atoms with van der Waals surface area (Å²) in [6.07, 6.45) is 0.377. The number of anilines is 1. The molecule has 134 valence electrons. The van der Waals surface area contributed by atoms with Gasteiger partial charge in [0.15, 0.2) is 0 Å². The molecule has 1 heterocycles. The van der Waals surface area contributed by atoms with Crippen LogP contribution in [-0.2, 0) is 16.0 Å². The second kappa shape index (κ2) is 7.58. The van der Waals surface area contributed by atoms with Gasteiger partial charge in [-0.25, -0.2) is 5.43 Å². The van der Waals surface area contributed by atoms with Crippen LogP contribution < -0.4 is 10.7 Å². The van der Waals surface area contributed by atoms with Crippen LogP contribution in [0.4, 0.5) is 5.69 Å². The fraction of sp³-hybridized carbons (Fsp3) is 0.211. The first-order chi connectivity index (χ1) is 12.4. The molecule has 0 saturated carbocycles. The Morgan fingerprint density at radius 3 is 2.69 bits per heavy atom. The fourth-order valence-electron chi connectivity index (χ4n) is 2.81. The zero-order chi connectivity index (χ0) is 18.7. The number of nitrogens with zero attached hydrogens (tertiary/aromatic N) is 1. The molecule has 26 heavy (non-hydrogen) atoms. The number of benzene rings is 2. The van der Waals surface area contributed by atoms with Gasteiger partial charge in [0.2, 0.25) is 11.8 Å². The zero-order valence-electron chi connectivity index (χ0n) is 14.1. The highest BCUT2D eigenvalue weighted by Crippen LogP contribution is 2.26. The number of carbonyl (C=O) groups is 2. The van der Waals surface area contributed by atoms with Gasteiger partial charge in [0.25, 0.3) is 0 Å². The lowest BCUT2D eigenvalue weighted by Gasteiger charge is -2.19. The number of phenols is 1. The third kappa shape index (κ3) is 4.03. The highest BCUT2D eigenvalue weighted by Gasteiger charge is 2.21. The molecular formula is C19H18ClN3O3. The second-order valence-electron chi connectivity index (χ2n) is 6.18. The molecule has 0 radical (unpaired) electrons. The van der Waals surface area contributed by atoms with Crippen LogP contribution >= 0.6 is 11.6 Å². The fourth-order valence-corrected chi connectivity index (χ4v) is 3.05. The van der Waals surface area contributed by atoms with E-state index < -0.39 is 0 Å². The Bertz CT molecular complexity index is 858. The molecule has 1 atom stereocenters. The summed E-state index contributed by atoms with van der Waals surface area (Å²) in [7, 11) is 0.